The summed E-state index contributed by atoms with van der Waals surface area (Å²) in [4.78, 5) is 25.7. The highest BCUT2D eigenvalue weighted by molar-refractivity contribution is 6.04. The first-order valence-corrected chi connectivity index (χ1v) is 9.18. The van der Waals surface area contributed by atoms with E-state index in [1.54, 1.807) is 43.3 Å². The number of hydrogen-bond donors (Lipinski definition) is 1. The lowest BCUT2D eigenvalue weighted by Crippen LogP contribution is -2.23. The number of ether oxygens (including phenoxy) is 1. The fraction of sp³-hybridized carbons (Fsp3) is 0.364. The van der Waals surface area contributed by atoms with Crippen LogP contribution >= 0.6 is 0 Å². The Bertz CT molecular complexity index is 750. The third kappa shape index (κ3) is 6.77. The van der Waals surface area contributed by atoms with Gasteiger partial charge >= 0.3 is 0 Å². The molecule has 0 unspecified atom stereocenters. The zero-order valence-electron chi connectivity index (χ0n) is 16.5. The molecule has 27 heavy (non-hydrogen) atoms. The van der Waals surface area contributed by atoms with E-state index in [9.17, 15) is 9.59 Å². The molecule has 2 amide bonds. The summed E-state index contributed by atoms with van der Waals surface area (Å²) in [7, 11) is 3.47. The van der Waals surface area contributed by atoms with Gasteiger partial charge in [-0.25, -0.2) is 0 Å². The van der Waals surface area contributed by atoms with Crippen LogP contribution in [0.25, 0.3) is 0 Å². The molecule has 5 heteroatoms. The van der Waals surface area contributed by atoms with Gasteiger partial charge in [0.2, 0.25) is 5.91 Å². The van der Waals surface area contributed by atoms with Crippen LogP contribution in [0.15, 0.2) is 48.5 Å². The van der Waals surface area contributed by atoms with Crippen LogP contribution < -0.4 is 10.1 Å². The Morgan fingerprint density at radius 3 is 2.19 bits per heavy atom. The monoisotopic (exact) mass is 368 g/mol. The molecule has 144 valence electrons. The van der Waals surface area contributed by atoms with E-state index < -0.39 is 0 Å². The Labute approximate surface area is 161 Å². The Hall–Kier alpha value is -2.82. The van der Waals surface area contributed by atoms with Crippen LogP contribution in [-0.4, -0.2) is 37.4 Å². The maximum Gasteiger partial charge on any atom is 0.255 e. The van der Waals surface area contributed by atoms with Gasteiger partial charge in [-0.15, -0.1) is 0 Å². The molecule has 0 aliphatic heterocycles. The minimum absolute atomic E-state index is 0.0440. The highest BCUT2D eigenvalue weighted by Gasteiger charge is 2.08. The smallest absolute Gasteiger partial charge is 0.255 e. The predicted octanol–water partition coefficient (Wildman–Crippen LogP) is 3.99. The standard InChI is InChI=1S/C22H28N2O3/c1-16(2)13-14-27-20-11-7-18(8-12-20)22(26)23-19-9-5-17(6-10-19)15-21(25)24(3)4/h5-12,16H,13-15H2,1-4H3,(H,23,26). The summed E-state index contributed by atoms with van der Waals surface area (Å²) >= 11 is 0. The third-order valence-electron chi connectivity index (χ3n) is 4.15. The largest absolute Gasteiger partial charge is 0.494 e. The van der Waals surface area contributed by atoms with Crippen LogP contribution in [0.1, 0.15) is 36.2 Å². The maximum absolute atomic E-state index is 12.4. The molecular formula is C22H28N2O3. The Morgan fingerprint density at radius 1 is 1.00 bits per heavy atom. The molecular weight excluding hydrogens is 340 g/mol. The van der Waals surface area contributed by atoms with Crippen molar-refractivity contribution in [2.24, 2.45) is 5.92 Å². The number of anilines is 1. The molecule has 0 fully saturated rings. The first-order valence-electron chi connectivity index (χ1n) is 9.18. The molecule has 0 atom stereocenters. The zero-order valence-corrected chi connectivity index (χ0v) is 16.5. The van der Waals surface area contributed by atoms with E-state index in [1.165, 1.54) is 0 Å². The summed E-state index contributed by atoms with van der Waals surface area (Å²) in [5.41, 5.74) is 2.17. The molecule has 0 saturated heterocycles. The summed E-state index contributed by atoms with van der Waals surface area (Å²) in [6.07, 6.45) is 1.35. The highest BCUT2D eigenvalue weighted by Crippen LogP contribution is 2.16. The summed E-state index contributed by atoms with van der Waals surface area (Å²) in [6, 6.07) is 14.4. The minimum Gasteiger partial charge on any atom is -0.494 e. The van der Waals surface area contributed by atoms with Crippen molar-refractivity contribution < 1.29 is 14.3 Å². The lowest BCUT2D eigenvalue weighted by atomic mass is 10.1. The van der Waals surface area contributed by atoms with Gasteiger partial charge in [-0.2, -0.15) is 0 Å². The van der Waals surface area contributed by atoms with Crippen molar-refractivity contribution in [3.05, 3.63) is 59.7 Å². The van der Waals surface area contributed by atoms with E-state index in [2.05, 4.69) is 19.2 Å². The zero-order chi connectivity index (χ0) is 19.8. The van der Waals surface area contributed by atoms with Crippen LogP contribution in [0.5, 0.6) is 5.75 Å². The first-order chi connectivity index (χ1) is 12.8. The quantitative estimate of drug-likeness (QED) is 0.766. The molecule has 0 radical (unpaired) electrons. The molecule has 1 N–H and O–H groups in total. The Balaban J connectivity index is 1.90. The van der Waals surface area contributed by atoms with Crippen molar-refractivity contribution in [1.82, 2.24) is 4.90 Å². The molecule has 2 aromatic carbocycles. The second kappa shape index (κ2) is 9.76. The number of hydrogen-bond acceptors (Lipinski definition) is 3. The molecule has 0 aromatic heterocycles. The summed E-state index contributed by atoms with van der Waals surface area (Å²) in [5, 5.41) is 2.86. The average molecular weight is 368 g/mol. The van der Waals surface area contributed by atoms with Crippen molar-refractivity contribution in [1.29, 1.82) is 0 Å². The predicted molar refractivity (Wildman–Crippen MR) is 108 cm³/mol. The molecule has 0 aliphatic carbocycles. The van der Waals surface area contributed by atoms with E-state index >= 15 is 0 Å². The molecule has 2 aromatic rings. The number of carbonyl (C=O) groups excluding carboxylic acids is 2. The molecule has 0 heterocycles. The van der Waals surface area contributed by atoms with Gasteiger partial charge in [0.1, 0.15) is 5.75 Å². The lowest BCUT2D eigenvalue weighted by Gasteiger charge is -2.11. The second-order valence-electron chi connectivity index (χ2n) is 7.17. The van der Waals surface area contributed by atoms with Gasteiger partial charge in [0, 0.05) is 25.3 Å². The summed E-state index contributed by atoms with van der Waals surface area (Å²) < 4.78 is 5.67. The average Bonchev–Trinajstić information content (AvgIpc) is 2.63. The van der Waals surface area contributed by atoms with Crippen LogP contribution in [-0.2, 0) is 11.2 Å². The number of nitrogens with one attached hydrogen (secondary N) is 1. The molecule has 5 nitrogen and oxygen atoms in total. The molecule has 0 saturated carbocycles. The van der Waals surface area contributed by atoms with Crippen LogP contribution in [0.2, 0.25) is 0 Å². The van der Waals surface area contributed by atoms with Crippen molar-refractivity contribution >= 4 is 17.5 Å². The van der Waals surface area contributed by atoms with E-state index in [1.807, 2.05) is 24.3 Å². The molecule has 0 spiro atoms. The lowest BCUT2D eigenvalue weighted by molar-refractivity contribution is -0.127. The van der Waals surface area contributed by atoms with Crippen LogP contribution in [0.3, 0.4) is 0 Å². The third-order valence-corrected chi connectivity index (χ3v) is 4.15. The van der Waals surface area contributed by atoms with Gasteiger partial charge in [0.05, 0.1) is 13.0 Å². The second-order valence-corrected chi connectivity index (χ2v) is 7.17. The van der Waals surface area contributed by atoms with Gasteiger partial charge in [-0.3, -0.25) is 9.59 Å². The molecule has 0 bridgehead atoms. The number of amides is 2. The van der Waals surface area contributed by atoms with Gasteiger partial charge in [-0.1, -0.05) is 26.0 Å². The van der Waals surface area contributed by atoms with Crippen molar-refractivity contribution in [3.63, 3.8) is 0 Å². The van der Waals surface area contributed by atoms with Crippen LogP contribution in [0, 0.1) is 5.92 Å². The number of likely N-dealkylation sites (N-methyl/N-ethyl adjacent to an activating group) is 1. The van der Waals surface area contributed by atoms with E-state index in [4.69, 9.17) is 4.74 Å². The van der Waals surface area contributed by atoms with Gasteiger partial charge in [-0.05, 0) is 54.3 Å². The fourth-order valence-corrected chi connectivity index (χ4v) is 2.36. The van der Waals surface area contributed by atoms with Gasteiger partial charge < -0.3 is 15.0 Å². The SMILES string of the molecule is CC(C)CCOc1ccc(C(=O)Nc2ccc(CC(=O)N(C)C)cc2)cc1. The number of nitrogens with zero attached hydrogens (tertiary/aromatic N) is 1. The van der Waals surface area contributed by atoms with E-state index in [0.29, 0.717) is 30.2 Å². The molecule has 0 aliphatic rings. The maximum atomic E-state index is 12.4. The van der Waals surface area contributed by atoms with E-state index in [0.717, 1.165) is 17.7 Å². The number of benzene rings is 2. The normalized spacial score (nSPS) is 10.6. The van der Waals surface area contributed by atoms with Crippen molar-refractivity contribution in [3.8, 4) is 5.75 Å². The van der Waals surface area contributed by atoms with Crippen LogP contribution in [0.4, 0.5) is 5.69 Å². The minimum atomic E-state index is -0.180. The number of carbonyl (C=O) groups is 2. The fourth-order valence-electron chi connectivity index (χ4n) is 2.36. The van der Waals surface area contributed by atoms with Gasteiger partial charge in [0.25, 0.3) is 5.91 Å². The highest BCUT2D eigenvalue weighted by atomic mass is 16.5. The Morgan fingerprint density at radius 2 is 1.63 bits per heavy atom. The van der Waals surface area contributed by atoms with Crippen molar-refractivity contribution in [2.45, 2.75) is 26.7 Å². The van der Waals surface area contributed by atoms with Crippen molar-refractivity contribution in [2.75, 3.05) is 26.0 Å². The summed E-state index contributed by atoms with van der Waals surface area (Å²) in [5.74, 6) is 1.23. The summed E-state index contributed by atoms with van der Waals surface area (Å²) in [6.45, 7) is 4.98. The number of rotatable bonds is 8. The van der Waals surface area contributed by atoms with Gasteiger partial charge in [0.15, 0.2) is 0 Å². The van der Waals surface area contributed by atoms with E-state index in [-0.39, 0.29) is 11.8 Å². The first kappa shape index (κ1) is 20.5. The topological polar surface area (TPSA) is 58.6 Å². The Kier molecular flexibility index (Phi) is 7.41. The molecule has 2 rings (SSSR count).